The Morgan fingerprint density at radius 3 is 2.39 bits per heavy atom. The van der Waals surface area contributed by atoms with Gasteiger partial charge in [0.15, 0.2) is 0 Å². The molecular formula is C23H21N5O4S. The number of aromatic amines is 1. The molecule has 10 heteroatoms. The lowest BCUT2D eigenvalue weighted by molar-refractivity contribution is 0.102. The second-order valence-electron chi connectivity index (χ2n) is 7.06. The fourth-order valence-electron chi connectivity index (χ4n) is 3.10. The number of anilines is 3. The number of nitrogens with two attached hydrogens (primary N) is 1. The summed E-state index contributed by atoms with van der Waals surface area (Å²) in [6.07, 6.45) is 1.42. The third-order valence-corrected chi connectivity index (χ3v) is 6.14. The topological polar surface area (TPSA) is 139 Å². The molecule has 0 unspecified atom stereocenters. The summed E-state index contributed by atoms with van der Waals surface area (Å²) in [7, 11) is -2.64. The van der Waals surface area contributed by atoms with Gasteiger partial charge in [0.05, 0.1) is 13.3 Å². The number of methoxy groups -OCH3 is 1. The quantitative estimate of drug-likeness (QED) is 0.308. The van der Waals surface area contributed by atoms with E-state index in [0.717, 1.165) is 5.56 Å². The van der Waals surface area contributed by atoms with Crippen molar-refractivity contribution < 1.29 is 17.9 Å². The largest absolute Gasteiger partial charge is 0.495 e. The first-order valence-corrected chi connectivity index (χ1v) is 11.3. The Kier molecular flexibility index (Phi) is 6.01. The van der Waals surface area contributed by atoms with Crippen LogP contribution in [0.4, 0.5) is 17.1 Å². The van der Waals surface area contributed by atoms with Crippen LogP contribution in [0.15, 0.2) is 83.9 Å². The number of rotatable bonds is 7. The van der Waals surface area contributed by atoms with E-state index in [1.807, 2.05) is 30.3 Å². The molecule has 0 fully saturated rings. The summed E-state index contributed by atoms with van der Waals surface area (Å²) in [5.41, 5.74) is 7.84. The third-order valence-electron chi connectivity index (χ3n) is 4.74. The average Bonchev–Trinajstić information content (AvgIpc) is 3.32. The zero-order valence-electron chi connectivity index (χ0n) is 17.6. The van der Waals surface area contributed by atoms with Crippen LogP contribution >= 0.6 is 0 Å². The number of nitrogens with zero attached hydrogens (tertiary/aromatic N) is 1. The van der Waals surface area contributed by atoms with E-state index in [9.17, 15) is 13.2 Å². The van der Waals surface area contributed by atoms with E-state index in [4.69, 9.17) is 10.5 Å². The number of carbonyl (C=O) groups excluding carboxylic acids is 1. The number of amides is 1. The van der Waals surface area contributed by atoms with Crippen molar-refractivity contribution in [3.8, 4) is 17.1 Å². The van der Waals surface area contributed by atoms with E-state index in [2.05, 4.69) is 20.0 Å². The van der Waals surface area contributed by atoms with E-state index in [1.165, 1.54) is 25.4 Å². The van der Waals surface area contributed by atoms with E-state index in [1.54, 1.807) is 30.3 Å². The molecule has 0 aliphatic rings. The number of ether oxygens (including phenoxy) is 1. The highest BCUT2D eigenvalue weighted by molar-refractivity contribution is 7.92. The van der Waals surface area contributed by atoms with Crippen molar-refractivity contribution in [3.05, 3.63) is 84.7 Å². The van der Waals surface area contributed by atoms with Crippen molar-refractivity contribution in [1.29, 1.82) is 0 Å². The van der Waals surface area contributed by atoms with Crippen molar-refractivity contribution in [1.82, 2.24) is 9.97 Å². The molecule has 33 heavy (non-hydrogen) atoms. The molecule has 1 aromatic heterocycles. The SMILES string of the molecule is COc1ccc(NC(=O)c2cnc(-c3ccccc3)[nH]2)cc1S(=O)(=O)Nc1ccc(N)cc1. The second kappa shape index (κ2) is 9.05. The van der Waals surface area contributed by atoms with Gasteiger partial charge in [0.2, 0.25) is 0 Å². The maximum atomic E-state index is 13.0. The first-order valence-electron chi connectivity index (χ1n) is 9.84. The van der Waals surface area contributed by atoms with Crippen molar-refractivity contribution in [2.75, 3.05) is 22.9 Å². The van der Waals surface area contributed by atoms with Crippen LogP contribution in [0.3, 0.4) is 0 Å². The molecule has 5 N–H and O–H groups in total. The van der Waals surface area contributed by atoms with Gasteiger partial charge in [0.1, 0.15) is 22.2 Å². The molecule has 0 saturated carbocycles. The van der Waals surface area contributed by atoms with Crippen LogP contribution in [0, 0.1) is 0 Å². The molecule has 3 aromatic carbocycles. The predicted octanol–water partition coefficient (Wildman–Crippen LogP) is 3.72. The summed E-state index contributed by atoms with van der Waals surface area (Å²) in [5.74, 6) is 0.208. The van der Waals surface area contributed by atoms with Crippen LogP contribution in [0.1, 0.15) is 10.5 Å². The number of hydrogen-bond donors (Lipinski definition) is 4. The standard InChI is InChI=1S/C23H21N5O4S/c1-32-20-12-11-18(13-21(20)33(30,31)28-17-9-7-16(24)8-10-17)26-23(29)19-14-25-22(27-19)15-5-3-2-4-6-15/h2-14,28H,24H2,1H3,(H,25,27)(H,26,29). The Hall–Kier alpha value is -4.31. The summed E-state index contributed by atoms with van der Waals surface area (Å²) in [6.45, 7) is 0. The Morgan fingerprint density at radius 1 is 1.00 bits per heavy atom. The maximum Gasteiger partial charge on any atom is 0.273 e. The lowest BCUT2D eigenvalue weighted by Crippen LogP contribution is -2.16. The number of nitrogens with one attached hydrogen (secondary N) is 3. The van der Waals surface area contributed by atoms with E-state index in [0.29, 0.717) is 17.2 Å². The molecule has 4 rings (SSSR count). The fourth-order valence-corrected chi connectivity index (χ4v) is 4.36. The molecule has 0 aliphatic heterocycles. The minimum Gasteiger partial charge on any atom is -0.495 e. The summed E-state index contributed by atoms with van der Waals surface area (Å²) in [5, 5.41) is 2.68. The smallest absolute Gasteiger partial charge is 0.273 e. The van der Waals surface area contributed by atoms with Gasteiger partial charge >= 0.3 is 0 Å². The van der Waals surface area contributed by atoms with E-state index in [-0.39, 0.29) is 22.0 Å². The minimum atomic E-state index is -4.01. The van der Waals surface area contributed by atoms with Gasteiger partial charge in [-0.05, 0) is 42.5 Å². The summed E-state index contributed by atoms with van der Waals surface area (Å²) < 4.78 is 33.7. The van der Waals surface area contributed by atoms with Gasteiger partial charge < -0.3 is 20.8 Å². The molecule has 1 heterocycles. The van der Waals surface area contributed by atoms with E-state index < -0.39 is 15.9 Å². The molecule has 0 bridgehead atoms. The highest BCUT2D eigenvalue weighted by Gasteiger charge is 2.21. The van der Waals surface area contributed by atoms with Gasteiger partial charge in [0, 0.05) is 22.6 Å². The number of aromatic nitrogens is 2. The van der Waals surface area contributed by atoms with Crippen molar-refractivity contribution in [3.63, 3.8) is 0 Å². The number of benzene rings is 3. The Bertz CT molecular complexity index is 1380. The van der Waals surface area contributed by atoms with Crippen LogP contribution in [-0.2, 0) is 10.0 Å². The van der Waals surface area contributed by atoms with Gasteiger partial charge in [-0.15, -0.1) is 0 Å². The van der Waals surface area contributed by atoms with Crippen LogP contribution in [0.25, 0.3) is 11.4 Å². The van der Waals surface area contributed by atoms with Gasteiger partial charge in [-0.1, -0.05) is 30.3 Å². The number of sulfonamides is 1. The maximum absolute atomic E-state index is 13.0. The van der Waals surface area contributed by atoms with Crippen LogP contribution in [0.2, 0.25) is 0 Å². The van der Waals surface area contributed by atoms with Crippen LogP contribution in [0.5, 0.6) is 5.75 Å². The Labute approximate surface area is 190 Å². The second-order valence-corrected chi connectivity index (χ2v) is 8.71. The molecule has 0 radical (unpaired) electrons. The number of nitrogen functional groups attached to an aromatic ring is 1. The first kappa shape index (κ1) is 21.9. The van der Waals surface area contributed by atoms with Crippen LogP contribution < -0.4 is 20.5 Å². The average molecular weight is 464 g/mol. The van der Waals surface area contributed by atoms with E-state index >= 15 is 0 Å². The summed E-state index contributed by atoms with van der Waals surface area (Å²) >= 11 is 0. The summed E-state index contributed by atoms with van der Waals surface area (Å²) in [4.78, 5) is 19.8. The molecule has 4 aromatic rings. The zero-order chi connectivity index (χ0) is 23.4. The van der Waals surface area contributed by atoms with Gasteiger partial charge in [-0.3, -0.25) is 9.52 Å². The Morgan fingerprint density at radius 2 is 1.70 bits per heavy atom. The van der Waals surface area contributed by atoms with Crippen molar-refractivity contribution >= 4 is 33.0 Å². The molecular weight excluding hydrogens is 442 g/mol. The number of hydrogen-bond acceptors (Lipinski definition) is 6. The highest BCUT2D eigenvalue weighted by atomic mass is 32.2. The van der Waals surface area contributed by atoms with Crippen molar-refractivity contribution in [2.45, 2.75) is 4.90 Å². The molecule has 168 valence electrons. The number of carbonyl (C=O) groups is 1. The number of H-pyrrole nitrogens is 1. The van der Waals surface area contributed by atoms with Gasteiger partial charge in [-0.25, -0.2) is 13.4 Å². The Balaban J connectivity index is 1.57. The lowest BCUT2D eigenvalue weighted by Gasteiger charge is -2.13. The number of imidazole rings is 1. The van der Waals surface area contributed by atoms with Gasteiger partial charge in [0.25, 0.3) is 15.9 Å². The highest BCUT2D eigenvalue weighted by Crippen LogP contribution is 2.29. The predicted molar refractivity (Wildman–Crippen MR) is 127 cm³/mol. The molecule has 1 amide bonds. The zero-order valence-corrected chi connectivity index (χ0v) is 18.4. The normalized spacial score (nSPS) is 11.1. The molecule has 0 atom stereocenters. The van der Waals surface area contributed by atoms with Gasteiger partial charge in [-0.2, -0.15) is 0 Å². The lowest BCUT2D eigenvalue weighted by atomic mass is 10.2. The van der Waals surface area contributed by atoms with Crippen LogP contribution in [-0.4, -0.2) is 31.4 Å². The monoisotopic (exact) mass is 463 g/mol. The fraction of sp³-hybridized carbons (Fsp3) is 0.0435. The molecule has 9 nitrogen and oxygen atoms in total. The molecule has 0 spiro atoms. The molecule has 0 saturated heterocycles. The third kappa shape index (κ3) is 4.96. The molecule has 0 aliphatic carbocycles. The van der Waals surface area contributed by atoms with Crippen molar-refractivity contribution in [2.24, 2.45) is 0 Å². The minimum absolute atomic E-state index is 0.129. The summed E-state index contributed by atoms with van der Waals surface area (Å²) in [6, 6.07) is 20.0. The first-order chi connectivity index (χ1) is 15.9.